The Morgan fingerprint density at radius 2 is 1.79 bits per heavy atom. The molecule has 1 rings (SSSR count). The fraction of sp³-hybridized carbons (Fsp3) is 0.533. The minimum Gasteiger partial charge on any atom is -0.349 e. The van der Waals surface area contributed by atoms with Crippen LogP contribution in [0, 0.1) is 5.92 Å². The van der Waals surface area contributed by atoms with Crippen molar-refractivity contribution >= 4 is 18.3 Å². The molecule has 0 bridgehead atoms. The molecule has 0 heterocycles. The van der Waals surface area contributed by atoms with Crippen molar-refractivity contribution in [1.82, 2.24) is 5.32 Å². The van der Waals surface area contributed by atoms with Crippen LogP contribution in [0.1, 0.15) is 39.2 Å². The summed E-state index contributed by atoms with van der Waals surface area (Å²) < 4.78 is 0. The van der Waals surface area contributed by atoms with Crippen LogP contribution < -0.4 is 11.1 Å². The van der Waals surface area contributed by atoms with Gasteiger partial charge in [0.05, 0.1) is 11.5 Å². The number of nitrogens with two attached hydrogens (primary N) is 1. The van der Waals surface area contributed by atoms with E-state index in [1.165, 1.54) is 0 Å². The fourth-order valence-electron chi connectivity index (χ4n) is 1.71. The van der Waals surface area contributed by atoms with Gasteiger partial charge in [-0.3, -0.25) is 4.79 Å². The van der Waals surface area contributed by atoms with Gasteiger partial charge < -0.3 is 11.1 Å². The van der Waals surface area contributed by atoms with E-state index in [9.17, 15) is 4.79 Å². The maximum atomic E-state index is 12.3. The Balaban J connectivity index is 0.00000324. The first-order chi connectivity index (χ1) is 8.40. The number of halogens is 1. The number of carbonyl (C=O) groups is 1. The summed E-state index contributed by atoms with van der Waals surface area (Å²) in [6.45, 7) is 8.49. The lowest BCUT2D eigenvalue weighted by molar-refractivity contribution is -0.124. The number of benzene rings is 1. The lowest BCUT2D eigenvalue weighted by atomic mass is 9.87. The van der Waals surface area contributed by atoms with Crippen molar-refractivity contribution in [2.45, 2.75) is 39.2 Å². The molecule has 108 valence electrons. The first kappa shape index (κ1) is 17.9. The predicted octanol–water partition coefficient (Wildman–Crippen LogP) is 2.70. The summed E-state index contributed by atoms with van der Waals surface area (Å²) in [6.07, 6.45) is 0. The van der Waals surface area contributed by atoms with Gasteiger partial charge in [-0.15, -0.1) is 12.4 Å². The van der Waals surface area contributed by atoms with E-state index in [0.29, 0.717) is 12.5 Å². The first-order valence-electron chi connectivity index (χ1n) is 6.47. The maximum Gasteiger partial charge on any atom is 0.227 e. The smallest absolute Gasteiger partial charge is 0.227 e. The molecule has 19 heavy (non-hydrogen) atoms. The lowest BCUT2D eigenvalue weighted by Crippen LogP contribution is -2.55. The zero-order valence-corrected chi connectivity index (χ0v) is 13.0. The third kappa shape index (κ3) is 4.51. The quantitative estimate of drug-likeness (QED) is 0.873. The van der Waals surface area contributed by atoms with Crippen molar-refractivity contribution in [2.75, 3.05) is 6.54 Å². The van der Waals surface area contributed by atoms with Crippen LogP contribution in [-0.2, 0) is 4.79 Å². The van der Waals surface area contributed by atoms with Crippen LogP contribution in [-0.4, -0.2) is 18.0 Å². The summed E-state index contributed by atoms with van der Waals surface area (Å²) in [5, 5.41) is 3.08. The molecule has 1 aromatic rings. The van der Waals surface area contributed by atoms with E-state index in [-0.39, 0.29) is 29.8 Å². The number of amides is 1. The molecule has 2 unspecified atom stereocenters. The van der Waals surface area contributed by atoms with E-state index in [0.717, 1.165) is 5.56 Å². The predicted molar refractivity (Wildman–Crippen MR) is 82.5 cm³/mol. The second-order valence-electron chi connectivity index (χ2n) is 5.40. The Hall–Kier alpha value is -1.06. The molecule has 0 aliphatic carbocycles. The molecular formula is C15H25ClN2O. The normalized spacial score (nSPS) is 15.3. The summed E-state index contributed by atoms with van der Waals surface area (Å²) >= 11 is 0. The molecule has 3 N–H and O–H groups in total. The average molecular weight is 285 g/mol. The van der Waals surface area contributed by atoms with E-state index in [4.69, 9.17) is 5.73 Å². The zero-order valence-electron chi connectivity index (χ0n) is 12.1. The zero-order chi connectivity index (χ0) is 13.8. The van der Waals surface area contributed by atoms with Crippen LogP contribution in [0.4, 0.5) is 0 Å². The summed E-state index contributed by atoms with van der Waals surface area (Å²) in [6, 6.07) is 9.79. The van der Waals surface area contributed by atoms with Gasteiger partial charge in [0.2, 0.25) is 5.91 Å². The molecule has 0 saturated heterocycles. The number of rotatable bonds is 5. The van der Waals surface area contributed by atoms with Gasteiger partial charge in [-0.2, -0.15) is 0 Å². The van der Waals surface area contributed by atoms with Gasteiger partial charge in [0.25, 0.3) is 0 Å². The Morgan fingerprint density at radius 1 is 1.26 bits per heavy atom. The van der Waals surface area contributed by atoms with Gasteiger partial charge >= 0.3 is 0 Å². The van der Waals surface area contributed by atoms with Gasteiger partial charge in [0.15, 0.2) is 0 Å². The number of carbonyl (C=O) groups excluding carboxylic acids is 1. The van der Waals surface area contributed by atoms with Crippen molar-refractivity contribution in [1.29, 1.82) is 0 Å². The second kappa shape index (κ2) is 7.51. The lowest BCUT2D eigenvalue weighted by Gasteiger charge is -2.34. The highest BCUT2D eigenvalue weighted by Gasteiger charge is 2.30. The third-order valence-electron chi connectivity index (χ3n) is 3.80. The standard InChI is InChI=1S/C15H24N2O.ClH/c1-11(2)15(4,10-16)17-14(18)12(3)13-8-6-5-7-9-13;/h5-9,11-12H,10,16H2,1-4H3,(H,17,18);1H. The van der Waals surface area contributed by atoms with Gasteiger partial charge in [0, 0.05) is 6.54 Å². The average Bonchev–Trinajstić information content (AvgIpc) is 2.38. The van der Waals surface area contributed by atoms with Crippen molar-refractivity contribution < 1.29 is 4.79 Å². The van der Waals surface area contributed by atoms with Crippen LogP contribution in [0.2, 0.25) is 0 Å². The Kier molecular flexibility index (Phi) is 7.09. The topological polar surface area (TPSA) is 55.1 Å². The summed E-state index contributed by atoms with van der Waals surface area (Å²) in [5.74, 6) is 0.174. The van der Waals surface area contributed by atoms with Crippen molar-refractivity contribution in [3.63, 3.8) is 0 Å². The highest BCUT2D eigenvalue weighted by molar-refractivity contribution is 5.85. The van der Waals surface area contributed by atoms with E-state index in [2.05, 4.69) is 19.2 Å². The van der Waals surface area contributed by atoms with Crippen LogP contribution in [0.15, 0.2) is 30.3 Å². The highest BCUT2D eigenvalue weighted by atomic mass is 35.5. The van der Waals surface area contributed by atoms with Crippen LogP contribution in [0.5, 0.6) is 0 Å². The number of hydrogen-bond acceptors (Lipinski definition) is 2. The van der Waals surface area contributed by atoms with Gasteiger partial charge in [-0.1, -0.05) is 44.2 Å². The minimum absolute atomic E-state index is 0. The first-order valence-corrected chi connectivity index (χ1v) is 6.47. The number of nitrogens with one attached hydrogen (secondary N) is 1. The molecule has 0 aliphatic heterocycles. The van der Waals surface area contributed by atoms with Crippen molar-refractivity contribution in [2.24, 2.45) is 11.7 Å². The molecule has 2 atom stereocenters. The van der Waals surface area contributed by atoms with Crippen LogP contribution in [0.25, 0.3) is 0 Å². The second-order valence-corrected chi connectivity index (χ2v) is 5.40. The van der Waals surface area contributed by atoms with Crippen molar-refractivity contribution in [3.8, 4) is 0 Å². The third-order valence-corrected chi connectivity index (χ3v) is 3.80. The van der Waals surface area contributed by atoms with E-state index >= 15 is 0 Å². The largest absolute Gasteiger partial charge is 0.349 e. The maximum absolute atomic E-state index is 12.3. The number of hydrogen-bond donors (Lipinski definition) is 2. The van der Waals surface area contributed by atoms with Gasteiger partial charge in [-0.25, -0.2) is 0 Å². The molecule has 0 saturated carbocycles. The summed E-state index contributed by atoms with van der Waals surface area (Å²) in [5.41, 5.74) is 6.46. The van der Waals surface area contributed by atoms with Crippen LogP contribution in [0.3, 0.4) is 0 Å². The van der Waals surface area contributed by atoms with Gasteiger partial charge in [-0.05, 0) is 25.3 Å². The molecule has 0 fully saturated rings. The molecule has 0 aromatic heterocycles. The molecule has 0 radical (unpaired) electrons. The highest BCUT2D eigenvalue weighted by Crippen LogP contribution is 2.19. The summed E-state index contributed by atoms with van der Waals surface area (Å²) in [4.78, 5) is 12.3. The Bertz CT molecular complexity index is 394. The van der Waals surface area contributed by atoms with Crippen molar-refractivity contribution in [3.05, 3.63) is 35.9 Å². The SMILES string of the molecule is CC(C(=O)NC(C)(CN)C(C)C)c1ccccc1.Cl. The molecular weight excluding hydrogens is 260 g/mol. The monoisotopic (exact) mass is 284 g/mol. The molecule has 4 heteroatoms. The Morgan fingerprint density at radius 3 is 2.21 bits per heavy atom. The minimum atomic E-state index is -0.347. The van der Waals surface area contributed by atoms with Gasteiger partial charge in [0.1, 0.15) is 0 Å². The van der Waals surface area contributed by atoms with E-state index in [1.807, 2.05) is 44.2 Å². The van der Waals surface area contributed by atoms with Crippen LogP contribution >= 0.6 is 12.4 Å². The molecule has 3 nitrogen and oxygen atoms in total. The van der Waals surface area contributed by atoms with E-state index < -0.39 is 0 Å². The summed E-state index contributed by atoms with van der Waals surface area (Å²) in [7, 11) is 0. The van der Waals surface area contributed by atoms with E-state index in [1.54, 1.807) is 0 Å². The molecule has 1 aromatic carbocycles. The molecule has 1 amide bonds. The Labute approximate surface area is 122 Å². The fourth-order valence-corrected chi connectivity index (χ4v) is 1.71. The molecule has 0 aliphatic rings. The molecule has 0 spiro atoms.